The van der Waals surface area contributed by atoms with E-state index in [1.807, 2.05) is 85.8 Å². The fourth-order valence-corrected chi connectivity index (χ4v) is 4.78. The van der Waals surface area contributed by atoms with E-state index in [1.54, 1.807) is 12.1 Å². The molecule has 35 heavy (non-hydrogen) atoms. The molecule has 3 atom stereocenters. The van der Waals surface area contributed by atoms with Crippen molar-refractivity contribution in [2.45, 2.75) is 32.2 Å². The summed E-state index contributed by atoms with van der Waals surface area (Å²) in [6.45, 7) is 3.03. The molecule has 0 unspecified atom stereocenters. The van der Waals surface area contributed by atoms with Gasteiger partial charge in [-0.25, -0.2) is 0 Å². The van der Waals surface area contributed by atoms with Gasteiger partial charge in [0.05, 0.1) is 25.1 Å². The van der Waals surface area contributed by atoms with Gasteiger partial charge in [0, 0.05) is 7.05 Å². The lowest BCUT2D eigenvalue weighted by atomic mass is 9.91. The van der Waals surface area contributed by atoms with Gasteiger partial charge in [-0.05, 0) is 35.7 Å². The SMILES string of the molecule is CCOc1cc([C@@H]2[C@H]3C(=O)N(Cc4ccccc4)C(=O)[C@H]3ON2C)ccc1OCc1ccccc1. The van der Waals surface area contributed by atoms with E-state index in [0.717, 1.165) is 16.7 Å². The summed E-state index contributed by atoms with van der Waals surface area (Å²) in [5.74, 6) is 0.0705. The van der Waals surface area contributed by atoms with Gasteiger partial charge < -0.3 is 9.47 Å². The second kappa shape index (κ2) is 9.90. The van der Waals surface area contributed by atoms with Crippen LogP contribution < -0.4 is 9.47 Å². The third-order valence-electron chi connectivity index (χ3n) is 6.43. The highest BCUT2D eigenvalue weighted by molar-refractivity contribution is 6.07. The number of ether oxygens (including phenoxy) is 2. The number of rotatable bonds is 8. The summed E-state index contributed by atoms with van der Waals surface area (Å²) in [6.07, 6.45) is -0.828. The van der Waals surface area contributed by atoms with Gasteiger partial charge in [-0.15, -0.1) is 0 Å². The zero-order valence-electron chi connectivity index (χ0n) is 19.8. The number of carbonyl (C=O) groups excluding carboxylic acids is 2. The number of nitrogens with zero attached hydrogens (tertiary/aromatic N) is 2. The maximum atomic E-state index is 13.4. The molecule has 2 saturated heterocycles. The predicted octanol–water partition coefficient (Wildman–Crippen LogP) is 4.14. The van der Waals surface area contributed by atoms with Crippen LogP contribution in [0.25, 0.3) is 0 Å². The first-order valence-corrected chi connectivity index (χ1v) is 11.8. The van der Waals surface area contributed by atoms with Crippen LogP contribution in [0.1, 0.15) is 29.7 Å². The fourth-order valence-electron chi connectivity index (χ4n) is 4.78. The molecule has 2 fully saturated rings. The molecule has 180 valence electrons. The van der Waals surface area contributed by atoms with E-state index in [1.165, 1.54) is 4.90 Å². The summed E-state index contributed by atoms with van der Waals surface area (Å²) in [5, 5.41) is 1.61. The number of imide groups is 1. The molecule has 3 aromatic rings. The Bertz CT molecular complexity index is 1200. The van der Waals surface area contributed by atoms with Crippen LogP contribution in [-0.2, 0) is 27.6 Å². The van der Waals surface area contributed by atoms with E-state index in [-0.39, 0.29) is 18.4 Å². The van der Waals surface area contributed by atoms with Gasteiger partial charge in [0.2, 0.25) is 5.91 Å². The standard InChI is InChI=1S/C28H28N2O5/c1-3-33-23-16-21(14-15-22(23)34-18-20-12-8-5-9-13-20)25-24-26(35-29(25)2)28(32)30(27(24)31)17-19-10-6-4-7-11-19/h4-16,24-26H,3,17-18H2,1-2H3/t24-,25-,26+/m1/s1. The van der Waals surface area contributed by atoms with Crippen LogP contribution in [0.15, 0.2) is 78.9 Å². The zero-order valence-corrected chi connectivity index (χ0v) is 19.8. The third-order valence-corrected chi connectivity index (χ3v) is 6.43. The summed E-state index contributed by atoms with van der Waals surface area (Å²) >= 11 is 0. The molecule has 0 saturated carbocycles. The Morgan fingerprint density at radius 3 is 2.20 bits per heavy atom. The minimum Gasteiger partial charge on any atom is -0.490 e. The van der Waals surface area contributed by atoms with E-state index in [9.17, 15) is 9.59 Å². The monoisotopic (exact) mass is 472 g/mol. The first kappa shape index (κ1) is 23.1. The number of fused-ring (bicyclic) bond motifs is 1. The number of benzene rings is 3. The number of amides is 2. The molecule has 0 N–H and O–H groups in total. The van der Waals surface area contributed by atoms with Gasteiger partial charge in [0.15, 0.2) is 17.6 Å². The first-order valence-electron chi connectivity index (χ1n) is 11.8. The topological polar surface area (TPSA) is 68.3 Å². The normalized spacial score (nSPS) is 21.9. The Labute approximate surface area is 204 Å². The molecule has 2 aliphatic heterocycles. The molecule has 7 heteroatoms. The van der Waals surface area contributed by atoms with Gasteiger partial charge in [-0.3, -0.25) is 19.3 Å². The molecule has 5 rings (SSSR count). The van der Waals surface area contributed by atoms with Gasteiger partial charge in [0.1, 0.15) is 6.61 Å². The van der Waals surface area contributed by atoms with Crippen molar-refractivity contribution in [3.8, 4) is 11.5 Å². The Balaban J connectivity index is 1.39. The predicted molar refractivity (Wildman–Crippen MR) is 129 cm³/mol. The number of hydrogen-bond donors (Lipinski definition) is 0. The molecule has 2 heterocycles. The van der Waals surface area contributed by atoms with Crippen LogP contribution in [0.3, 0.4) is 0 Å². The van der Waals surface area contributed by atoms with Crippen molar-refractivity contribution < 1.29 is 23.9 Å². The second-order valence-electron chi connectivity index (χ2n) is 8.70. The molecule has 7 nitrogen and oxygen atoms in total. The molecule has 0 spiro atoms. The lowest BCUT2D eigenvalue weighted by molar-refractivity contribution is -0.170. The smallest absolute Gasteiger partial charge is 0.261 e. The minimum absolute atomic E-state index is 0.222. The number of carbonyl (C=O) groups is 2. The molecular weight excluding hydrogens is 444 g/mol. The van der Waals surface area contributed by atoms with E-state index in [0.29, 0.717) is 24.7 Å². The summed E-state index contributed by atoms with van der Waals surface area (Å²) in [7, 11) is 1.76. The minimum atomic E-state index is -0.828. The van der Waals surface area contributed by atoms with E-state index in [2.05, 4.69) is 0 Å². The van der Waals surface area contributed by atoms with Crippen LogP contribution in [0.4, 0.5) is 0 Å². The van der Waals surface area contributed by atoms with Crippen molar-refractivity contribution in [2.75, 3.05) is 13.7 Å². The highest BCUT2D eigenvalue weighted by Crippen LogP contribution is 2.45. The van der Waals surface area contributed by atoms with Crippen LogP contribution in [0.5, 0.6) is 11.5 Å². The fraction of sp³-hybridized carbons (Fsp3) is 0.286. The molecule has 0 bridgehead atoms. The first-order chi connectivity index (χ1) is 17.1. The van der Waals surface area contributed by atoms with Gasteiger partial charge in [-0.1, -0.05) is 66.7 Å². The van der Waals surface area contributed by atoms with Crippen molar-refractivity contribution in [3.05, 3.63) is 95.6 Å². The van der Waals surface area contributed by atoms with Crippen molar-refractivity contribution in [3.63, 3.8) is 0 Å². The average molecular weight is 473 g/mol. The third kappa shape index (κ3) is 4.52. The molecular formula is C28H28N2O5. The molecule has 2 aliphatic rings. The number of hydrogen-bond acceptors (Lipinski definition) is 6. The van der Waals surface area contributed by atoms with Crippen molar-refractivity contribution >= 4 is 11.8 Å². The summed E-state index contributed by atoms with van der Waals surface area (Å²) in [5.41, 5.74) is 2.79. The Kier molecular flexibility index (Phi) is 6.53. The summed E-state index contributed by atoms with van der Waals surface area (Å²) in [6, 6.07) is 24.6. The maximum Gasteiger partial charge on any atom is 0.261 e. The van der Waals surface area contributed by atoms with Crippen LogP contribution >= 0.6 is 0 Å². The average Bonchev–Trinajstić information content (AvgIpc) is 3.33. The van der Waals surface area contributed by atoms with Gasteiger partial charge >= 0.3 is 0 Å². The van der Waals surface area contributed by atoms with E-state index < -0.39 is 18.1 Å². The largest absolute Gasteiger partial charge is 0.490 e. The lowest BCUT2D eigenvalue weighted by Crippen LogP contribution is -2.35. The van der Waals surface area contributed by atoms with Crippen LogP contribution in [0.2, 0.25) is 0 Å². The quantitative estimate of drug-likeness (QED) is 0.459. The van der Waals surface area contributed by atoms with Crippen molar-refractivity contribution in [1.82, 2.24) is 9.96 Å². The summed E-state index contributed by atoms with van der Waals surface area (Å²) < 4.78 is 11.9. The second-order valence-corrected chi connectivity index (χ2v) is 8.70. The molecule has 3 aromatic carbocycles. The van der Waals surface area contributed by atoms with Crippen molar-refractivity contribution in [2.24, 2.45) is 5.92 Å². The van der Waals surface area contributed by atoms with Crippen molar-refractivity contribution in [1.29, 1.82) is 0 Å². The highest BCUT2D eigenvalue weighted by atomic mass is 16.7. The molecule has 0 radical (unpaired) electrons. The Morgan fingerprint density at radius 2 is 1.51 bits per heavy atom. The molecule has 0 aromatic heterocycles. The number of hydroxylamine groups is 2. The lowest BCUT2D eigenvalue weighted by Gasteiger charge is -2.25. The van der Waals surface area contributed by atoms with Gasteiger partial charge in [-0.2, -0.15) is 5.06 Å². The van der Waals surface area contributed by atoms with Crippen LogP contribution in [0, 0.1) is 5.92 Å². The maximum absolute atomic E-state index is 13.4. The van der Waals surface area contributed by atoms with Crippen LogP contribution in [-0.4, -0.2) is 41.5 Å². The zero-order chi connectivity index (χ0) is 24.4. The highest BCUT2D eigenvalue weighted by Gasteiger charge is 2.58. The van der Waals surface area contributed by atoms with E-state index in [4.69, 9.17) is 14.3 Å². The Morgan fingerprint density at radius 1 is 0.829 bits per heavy atom. The summed E-state index contributed by atoms with van der Waals surface area (Å²) in [4.78, 5) is 33.7. The van der Waals surface area contributed by atoms with Gasteiger partial charge in [0.25, 0.3) is 5.91 Å². The molecule has 0 aliphatic carbocycles. The Hall–Kier alpha value is -3.68. The molecule has 2 amide bonds. The van der Waals surface area contributed by atoms with E-state index >= 15 is 0 Å². The number of likely N-dealkylation sites (tertiary alicyclic amines) is 1.